The highest BCUT2D eigenvalue weighted by Crippen LogP contribution is 2.36. The molecule has 1 aromatic carbocycles. The van der Waals surface area contributed by atoms with Gasteiger partial charge in [-0.3, -0.25) is 0 Å². The molecule has 1 nitrogen and oxygen atoms in total. The number of hydrogen-bond donors (Lipinski definition) is 1. The van der Waals surface area contributed by atoms with Crippen molar-refractivity contribution in [1.82, 2.24) is 5.32 Å². The molecule has 0 saturated carbocycles. The van der Waals surface area contributed by atoms with Crippen molar-refractivity contribution in [3.63, 3.8) is 0 Å². The quantitative estimate of drug-likeness (QED) is 0.885. The van der Waals surface area contributed by atoms with Crippen LogP contribution in [-0.2, 0) is 6.42 Å². The Morgan fingerprint density at radius 3 is 2.74 bits per heavy atom. The molecule has 0 aromatic heterocycles. The summed E-state index contributed by atoms with van der Waals surface area (Å²) < 4.78 is 1.34. The van der Waals surface area contributed by atoms with E-state index in [9.17, 15) is 0 Å². The van der Waals surface area contributed by atoms with Crippen LogP contribution in [0, 0.1) is 5.92 Å². The van der Waals surface area contributed by atoms with Crippen LogP contribution in [0.1, 0.15) is 36.3 Å². The number of nitrogens with one attached hydrogen (secondary N) is 1. The molecule has 3 heteroatoms. The van der Waals surface area contributed by atoms with Gasteiger partial charge in [-0.15, -0.1) is 0 Å². The van der Waals surface area contributed by atoms with E-state index in [4.69, 9.17) is 0 Å². The molecule has 1 aromatic rings. The van der Waals surface area contributed by atoms with E-state index in [2.05, 4.69) is 51.2 Å². The van der Waals surface area contributed by atoms with Gasteiger partial charge in [0.2, 0.25) is 0 Å². The maximum absolute atomic E-state index is 3.80. The molecule has 0 bridgehead atoms. The minimum atomic E-state index is 0.771. The molecule has 1 unspecified atom stereocenters. The number of thioether (sulfide) groups is 1. The average Bonchev–Trinajstić information content (AvgIpc) is 2.94. The van der Waals surface area contributed by atoms with Crippen molar-refractivity contribution < 1.29 is 0 Å². The molecule has 2 saturated heterocycles. The summed E-state index contributed by atoms with van der Waals surface area (Å²) in [5.74, 6) is 4.27. The normalized spacial score (nSPS) is 24.8. The fraction of sp³-hybridized carbons (Fsp3) is 0.625. The molecule has 2 fully saturated rings. The first-order valence-electron chi connectivity index (χ1n) is 7.39. The van der Waals surface area contributed by atoms with E-state index in [1.807, 2.05) is 0 Å². The van der Waals surface area contributed by atoms with E-state index >= 15 is 0 Å². The molecule has 0 aliphatic carbocycles. The first-order chi connectivity index (χ1) is 9.33. The maximum atomic E-state index is 3.80. The van der Waals surface area contributed by atoms with Gasteiger partial charge in [0.15, 0.2) is 0 Å². The molecule has 104 valence electrons. The third-order valence-corrected chi connectivity index (χ3v) is 6.27. The Balaban J connectivity index is 1.67. The van der Waals surface area contributed by atoms with E-state index in [0.717, 1.165) is 11.8 Å². The van der Waals surface area contributed by atoms with Gasteiger partial charge in [-0.05, 0) is 73.6 Å². The molecule has 1 N–H and O–H groups in total. The van der Waals surface area contributed by atoms with Crippen LogP contribution in [0.15, 0.2) is 22.7 Å². The minimum Gasteiger partial charge on any atom is -0.317 e. The van der Waals surface area contributed by atoms with Crippen molar-refractivity contribution in [2.45, 2.75) is 31.6 Å². The third kappa shape index (κ3) is 3.56. The van der Waals surface area contributed by atoms with Crippen LogP contribution < -0.4 is 5.32 Å². The largest absolute Gasteiger partial charge is 0.317 e. The van der Waals surface area contributed by atoms with Gasteiger partial charge in [0.25, 0.3) is 0 Å². The fourth-order valence-corrected chi connectivity index (χ4v) is 5.23. The molecule has 2 aliphatic rings. The Morgan fingerprint density at radius 2 is 2.05 bits per heavy atom. The number of benzene rings is 1. The van der Waals surface area contributed by atoms with E-state index < -0.39 is 0 Å². The van der Waals surface area contributed by atoms with E-state index in [1.165, 1.54) is 65.9 Å². The summed E-state index contributed by atoms with van der Waals surface area (Å²) >= 11 is 5.89. The van der Waals surface area contributed by atoms with Gasteiger partial charge in [-0.2, -0.15) is 11.8 Å². The molecule has 3 rings (SSSR count). The zero-order valence-corrected chi connectivity index (χ0v) is 13.7. The van der Waals surface area contributed by atoms with Crippen LogP contribution in [0.25, 0.3) is 0 Å². The van der Waals surface area contributed by atoms with E-state index in [0.29, 0.717) is 0 Å². The molecule has 2 heterocycles. The lowest BCUT2D eigenvalue weighted by molar-refractivity contribution is 0.372. The van der Waals surface area contributed by atoms with E-state index in [1.54, 1.807) is 0 Å². The zero-order valence-electron chi connectivity index (χ0n) is 11.3. The molecule has 0 amide bonds. The highest BCUT2D eigenvalue weighted by atomic mass is 79.9. The lowest BCUT2D eigenvalue weighted by atomic mass is 9.89. The van der Waals surface area contributed by atoms with Gasteiger partial charge in [0, 0.05) is 10.2 Å². The van der Waals surface area contributed by atoms with Gasteiger partial charge >= 0.3 is 0 Å². The van der Waals surface area contributed by atoms with E-state index in [-0.39, 0.29) is 0 Å². The number of halogens is 1. The summed E-state index contributed by atoms with van der Waals surface area (Å²) in [5, 5.41) is 3.45. The number of rotatable bonds is 3. The summed E-state index contributed by atoms with van der Waals surface area (Å²) in [6.07, 6.45) is 5.26. The monoisotopic (exact) mass is 339 g/mol. The van der Waals surface area contributed by atoms with Crippen LogP contribution in [0.3, 0.4) is 0 Å². The Labute approximate surface area is 129 Å². The Hall–Kier alpha value is 0.01000. The number of hydrogen-bond acceptors (Lipinski definition) is 2. The van der Waals surface area contributed by atoms with Crippen LogP contribution in [0.5, 0.6) is 0 Å². The Morgan fingerprint density at radius 1 is 1.21 bits per heavy atom. The standard InChI is InChI=1S/C16H22BrNS/c17-16-10-13(9-12-3-6-18-7-4-12)1-2-15(16)14-5-8-19-11-14/h1-2,10,12,14,18H,3-9,11H2. The predicted octanol–water partition coefficient (Wildman–Crippen LogP) is 4.21. The average molecular weight is 340 g/mol. The minimum absolute atomic E-state index is 0.771. The van der Waals surface area contributed by atoms with Crippen LogP contribution in [0.4, 0.5) is 0 Å². The van der Waals surface area contributed by atoms with Crippen molar-refractivity contribution in [2.24, 2.45) is 5.92 Å². The lowest BCUT2D eigenvalue weighted by Gasteiger charge is -2.23. The molecule has 2 aliphatic heterocycles. The van der Waals surface area contributed by atoms with Crippen molar-refractivity contribution in [2.75, 3.05) is 24.6 Å². The summed E-state index contributed by atoms with van der Waals surface area (Å²) in [6.45, 7) is 2.40. The molecule has 1 atom stereocenters. The van der Waals surface area contributed by atoms with Gasteiger partial charge in [-0.25, -0.2) is 0 Å². The summed E-state index contributed by atoms with van der Waals surface area (Å²) in [7, 11) is 0. The van der Waals surface area contributed by atoms with Gasteiger partial charge in [0.1, 0.15) is 0 Å². The Bertz CT molecular complexity index is 423. The van der Waals surface area contributed by atoms with Crippen LogP contribution in [0.2, 0.25) is 0 Å². The van der Waals surface area contributed by atoms with Crippen LogP contribution >= 0.6 is 27.7 Å². The smallest absolute Gasteiger partial charge is 0.0213 e. The van der Waals surface area contributed by atoms with Crippen LogP contribution in [-0.4, -0.2) is 24.6 Å². The lowest BCUT2D eigenvalue weighted by Crippen LogP contribution is -2.28. The van der Waals surface area contributed by atoms with Crippen molar-refractivity contribution in [1.29, 1.82) is 0 Å². The highest BCUT2D eigenvalue weighted by molar-refractivity contribution is 9.10. The zero-order chi connectivity index (χ0) is 13.1. The third-order valence-electron chi connectivity index (χ3n) is 4.42. The number of piperidine rings is 1. The van der Waals surface area contributed by atoms with Crippen molar-refractivity contribution >= 4 is 27.7 Å². The SMILES string of the molecule is Brc1cc(CC2CCNCC2)ccc1C1CCSC1. The molecule has 0 spiro atoms. The summed E-state index contributed by atoms with van der Waals surface area (Å²) in [5.41, 5.74) is 3.03. The first kappa shape index (κ1) is 14.0. The maximum Gasteiger partial charge on any atom is 0.0213 e. The summed E-state index contributed by atoms with van der Waals surface area (Å²) in [6, 6.07) is 7.11. The molecule has 0 radical (unpaired) electrons. The van der Waals surface area contributed by atoms with Gasteiger partial charge < -0.3 is 5.32 Å². The van der Waals surface area contributed by atoms with Gasteiger partial charge in [-0.1, -0.05) is 28.1 Å². The van der Waals surface area contributed by atoms with Gasteiger partial charge in [0.05, 0.1) is 0 Å². The predicted molar refractivity (Wildman–Crippen MR) is 88.1 cm³/mol. The second-order valence-electron chi connectivity index (χ2n) is 5.81. The molecule has 19 heavy (non-hydrogen) atoms. The first-order valence-corrected chi connectivity index (χ1v) is 9.34. The Kier molecular flexibility index (Phi) is 4.88. The highest BCUT2D eigenvalue weighted by Gasteiger charge is 2.20. The summed E-state index contributed by atoms with van der Waals surface area (Å²) in [4.78, 5) is 0. The molecular formula is C16H22BrNS. The van der Waals surface area contributed by atoms with Crippen molar-refractivity contribution in [3.8, 4) is 0 Å². The second kappa shape index (κ2) is 6.64. The van der Waals surface area contributed by atoms with Crippen molar-refractivity contribution in [3.05, 3.63) is 33.8 Å². The molecular weight excluding hydrogens is 318 g/mol. The fourth-order valence-electron chi connectivity index (χ4n) is 3.23. The topological polar surface area (TPSA) is 12.0 Å². The second-order valence-corrected chi connectivity index (χ2v) is 7.82.